The van der Waals surface area contributed by atoms with E-state index in [1.807, 2.05) is 38.9 Å². The normalized spacial score (nSPS) is 15.1. The Kier molecular flexibility index (Phi) is 6.10. The van der Waals surface area contributed by atoms with Crippen LogP contribution in [0.25, 0.3) is 0 Å². The Morgan fingerprint density at radius 3 is 2.43 bits per heavy atom. The first-order valence-electron chi connectivity index (χ1n) is 7.10. The third-order valence-corrected chi connectivity index (χ3v) is 5.40. The highest BCUT2D eigenvalue weighted by molar-refractivity contribution is 7.84. The van der Waals surface area contributed by atoms with Gasteiger partial charge in [0.2, 0.25) is 0 Å². The third kappa shape index (κ3) is 4.36. The fourth-order valence-corrected chi connectivity index (χ4v) is 3.43. The molecule has 0 saturated carbocycles. The second kappa shape index (κ2) is 7.00. The van der Waals surface area contributed by atoms with Gasteiger partial charge in [-0.3, -0.25) is 4.98 Å². The number of aromatic nitrogens is 1. The van der Waals surface area contributed by atoms with E-state index in [1.54, 1.807) is 19.2 Å². The number of hydrogen-bond acceptors (Lipinski definition) is 4. The Labute approximate surface area is 130 Å². The van der Waals surface area contributed by atoms with Gasteiger partial charge < -0.3 is 10.0 Å². The maximum Gasteiger partial charge on any atom is 0.488 e. The number of nitrogens with zero attached hydrogens (tertiary/aromatic N) is 2. The van der Waals surface area contributed by atoms with E-state index in [-0.39, 0.29) is 10.8 Å². The molecule has 118 valence electrons. The van der Waals surface area contributed by atoms with Crippen LogP contribution in [0.4, 0.5) is 0 Å². The van der Waals surface area contributed by atoms with Gasteiger partial charge in [-0.25, -0.2) is 8.51 Å². The summed E-state index contributed by atoms with van der Waals surface area (Å²) >= 11 is 0. The zero-order chi connectivity index (χ0) is 16.4. The van der Waals surface area contributed by atoms with Crippen LogP contribution in [0.2, 0.25) is 0 Å². The largest absolute Gasteiger partial charge is 0.488 e. The van der Waals surface area contributed by atoms with E-state index in [0.717, 1.165) is 5.56 Å². The molecule has 2 atom stereocenters. The van der Waals surface area contributed by atoms with Crippen LogP contribution in [0.5, 0.6) is 0 Å². The van der Waals surface area contributed by atoms with Crippen LogP contribution in [0.15, 0.2) is 12.3 Å². The van der Waals surface area contributed by atoms with Gasteiger partial charge in [0.05, 0.1) is 16.5 Å². The van der Waals surface area contributed by atoms with E-state index in [2.05, 4.69) is 4.98 Å². The van der Waals surface area contributed by atoms with Crippen LogP contribution in [0, 0.1) is 6.92 Å². The van der Waals surface area contributed by atoms with Crippen LogP contribution < -0.4 is 5.46 Å². The lowest BCUT2D eigenvalue weighted by Gasteiger charge is -2.32. The molecule has 21 heavy (non-hydrogen) atoms. The average Bonchev–Trinajstić information content (AvgIpc) is 2.38. The van der Waals surface area contributed by atoms with E-state index in [4.69, 9.17) is 0 Å². The molecule has 0 fully saturated rings. The lowest BCUT2D eigenvalue weighted by Crippen LogP contribution is -2.40. The van der Waals surface area contributed by atoms with Gasteiger partial charge in [0, 0.05) is 12.7 Å². The molecular weight excluding hydrogens is 287 g/mol. The summed E-state index contributed by atoms with van der Waals surface area (Å²) in [6.07, 6.45) is 1.62. The first-order chi connectivity index (χ1) is 9.59. The van der Waals surface area contributed by atoms with Crippen molar-refractivity contribution < 1.29 is 14.3 Å². The summed E-state index contributed by atoms with van der Waals surface area (Å²) in [5.41, 5.74) is 1.84. The van der Waals surface area contributed by atoms with Crippen molar-refractivity contribution in [3.63, 3.8) is 0 Å². The van der Waals surface area contributed by atoms with Gasteiger partial charge in [-0.05, 0) is 51.7 Å². The molecule has 1 heterocycles. The van der Waals surface area contributed by atoms with Crippen LogP contribution in [0.1, 0.15) is 51.9 Å². The molecule has 1 aromatic heterocycles. The molecular formula is C14H25BN2O3S. The van der Waals surface area contributed by atoms with Gasteiger partial charge >= 0.3 is 7.12 Å². The van der Waals surface area contributed by atoms with Crippen molar-refractivity contribution in [1.29, 1.82) is 0 Å². The first kappa shape index (κ1) is 18.3. The predicted molar refractivity (Wildman–Crippen MR) is 87.5 cm³/mol. The summed E-state index contributed by atoms with van der Waals surface area (Å²) in [7, 11) is -2.69. The van der Waals surface area contributed by atoms with Crippen molar-refractivity contribution >= 4 is 23.6 Å². The average molecular weight is 312 g/mol. The molecule has 0 spiro atoms. The van der Waals surface area contributed by atoms with Crippen molar-refractivity contribution in [2.45, 2.75) is 52.3 Å². The van der Waals surface area contributed by atoms with Crippen LogP contribution in [-0.4, -0.2) is 42.0 Å². The maximum atomic E-state index is 12.6. The van der Waals surface area contributed by atoms with Crippen LogP contribution in [-0.2, 0) is 11.0 Å². The number of aryl methyl sites for hydroxylation is 1. The van der Waals surface area contributed by atoms with Gasteiger partial charge in [-0.2, -0.15) is 0 Å². The molecule has 0 amide bonds. The Hall–Kier alpha value is -0.755. The Morgan fingerprint density at radius 1 is 1.43 bits per heavy atom. The minimum absolute atomic E-state index is 0.173. The fraction of sp³-hybridized carbons (Fsp3) is 0.643. The van der Waals surface area contributed by atoms with Crippen molar-refractivity contribution in [1.82, 2.24) is 9.29 Å². The molecule has 2 N–H and O–H groups in total. The molecule has 1 rings (SSSR count). The highest BCUT2D eigenvalue weighted by Gasteiger charge is 2.30. The molecule has 0 aliphatic carbocycles. The summed E-state index contributed by atoms with van der Waals surface area (Å²) in [6.45, 7) is 12.1. The minimum atomic E-state index is -1.53. The maximum absolute atomic E-state index is 12.6. The van der Waals surface area contributed by atoms with Crippen molar-refractivity contribution in [2.24, 2.45) is 0 Å². The monoisotopic (exact) mass is 312 g/mol. The standard InChI is InChI=1S/C14H25BN2O3S/c1-7-17(21(20)14(4,5)6)11(3)13-8-12(15(18)19)10(2)9-16-13/h8-9,11,18-19H,7H2,1-6H3/t11-,21?/m1/s1. The lowest BCUT2D eigenvalue weighted by atomic mass is 9.77. The van der Waals surface area contributed by atoms with E-state index in [0.29, 0.717) is 17.7 Å². The minimum Gasteiger partial charge on any atom is -0.423 e. The Morgan fingerprint density at radius 2 is 2.00 bits per heavy atom. The second-order valence-electron chi connectivity index (χ2n) is 6.11. The molecule has 0 aromatic carbocycles. The summed E-state index contributed by atoms with van der Waals surface area (Å²) in [5.74, 6) is 0. The lowest BCUT2D eigenvalue weighted by molar-refractivity contribution is 0.366. The van der Waals surface area contributed by atoms with E-state index in [9.17, 15) is 14.3 Å². The molecule has 0 bridgehead atoms. The molecule has 0 saturated heterocycles. The summed E-state index contributed by atoms with van der Waals surface area (Å²) in [5, 5.41) is 18.8. The second-order valence-corrected chi connectivity index (χ2v) is 8.30. The zero-order valence-corrected chi connectivity index (χ0v) is 14.4. The number of rotatable bonds is 5. The van der Waals surface area contributed by atoms with E-state index < -0.39 is 18.1 Å². The summed E-state index contributed by atoms with van der Waals surface area (Å²) in [6, 6.07) is 1.50. The van der Waals surface area contributed by atoms with Gasteiger partial charge in [-0.1, -0.05) is 6.92 Å². The van der Waals surface area contributed by atoms with Gasteiger partial charge in [-0.15, -0.1) is 0 Å². The smallest absolute Gasteiger partial charge is 0.423 e. The van der Waals surface area contributed by atoms with E-state index >= 15 is 0 Å². The SMILES string of the molecule is CCN([C@H](C)c1cc(B(O)O)c(C)cn1)S(=O)C(C)(C)C. The van der Waals surface area contributed by atoms with Crippen LogP contribution in [0.3, 0.4) is 0 Å². The number of hydrogen-bond donors (Lipinski definition) is 2. The quantitative estimate of drug-likeness (QED) is 0.793. The molecule has 0 aliphatic heterocycles. The topological polar surface area (TPSA) is 73.7 Å². The van der Waals surface area contributed by atoms with Gasteiger partial charge in [0.15, 0.2) is 0 Å². The molecule has 0 aliphatic rings. The van der Waals surface area contributed by atoms with Gasteiger partial charge in [0.1, 0.15) is 11.0 Å². The summed E-state index contributed by atoms with van der Waals surface area (Å²) < 4.78 is 14.1. The zero-order valence-electron chi connectivity index (χ0n) is 13.6. The van der Waals surface area contributed by atoms with E-state index in [1.165, 1.54) is 0 Å². The Balaban J connectivity index is 3.14. The van der Waals surface area contributed by atoms with Crippen molar-refractivity contribution in [2.75, 3.05) is 6.54 Å². The molecule has 7 heteroatoms. The molecule has 5 nitrogen and oxygen atoms in total. The summed E-state index contributed by atoms with van der Waals surface area (Å²) in [4.78, 5) is 4.36. The van der Waals surface area contributed by atoms with Crippen molar-refractivity contribution in [3.05, 3.63) is 23.5 Å². The predicted octanol–water partition coefficient (Wildman–Crippen LogP) is 0.915. The molecule has 1 unspecified atom stereocenters. The third-order valence-electron chi connectivity index (χ3n) is 3.35. The first-order valence-corrected chi connectivity index (χ1v) is 8.21. The Bertz CT molecular complexity index is 517. The van der Waals surface area contributed by atoms with Gasteiger partial charge in [0.25, 0.3) is 0 Å². The highest BCUT2D eigenvalue weighted by Crippen LogP contribution is 2.25. The highest BCUT2D eigenvalue weighted by atomic mass is 32.2. The van der Waals surface area contributed by atoms with Crippen LogP contribution >= 0.6 is 0 Å². The van der Waals surface area contributed by atoms with Crippen molar-refractivity contribution in [3.8, 4) is 0 Å². The molecule has 1 aromatic rings. The fourth-order valence-electron chi connectivity index (χ4n) is 2.10. The number of pyridine rings is 1. The molecule has 0 radical (unpaired) electrons.